The summed E-state index contributed by atoms with van der Waals surface area (Å²) in [5, 5.41) is 0. The molecular formula is C60H59F3N6O4. The Morgan fingerprint density at radius 2 is 0.836 bits per heavy atom. The van der Waals surface area contributed by atoms with Crippen molar-refractivity contribution in [2.24, 2.45) is 0 Å². The van der Waals surface area contributed by atoms with Gasteiger partial charge < -0.3 is 18.9 Å². The highest BCUT2D eigenvalue weighted by molar-refractivity contribution is 5.66. The molecular weight excluding hydrogens is 926 g/mol. The summed E-state index contributed by atoms with van der Waals surface area (Å²) < 4.78 is 74.0. The lowest BCUT2D eigenvalue weighted by Crippen LogP contribution is -2.08. The Morgan fingerprint density at radius 3 is 1.34 bits per heavy atom. The van der Waals surface area contributed by atoms with E-state index in [4.69, 9.17) is 28.9 Å². The quantitative estimate of drug-likeness (QED) is 0.0662. The molecule has 3 aromatic heterocycles. The Hall–Kier alpha value is -8.06. The molecule has 0 fully saturated rings. The van der Waals surface area contributed by atoms with Crippen molar-refractivity contribution in [3.8, 4) is 74.6 Å². The van der Waals surface area contributed by atoms with E-state index in [-0.39, 0.29) is 24.0 Å². The second kappa shape index (κ2) is 22.6. The molecule has 0 aliphatic carbocycles. The van der Waals surface area contributed by atoms with Crippen molar-refractivity contribution in [2.75, 3.05) is 26.4 Å². The van der Waals surface area contributed by atoms with Gasteiger partial charge in [-0.05, 0) is 174 Å². The fraction of sp³-hybridized carbons (Fsp3) is 0.250. The van der Waals surface area contributed by atoms with Gasteiger partial charge in [0.1, 0.15) is 29.1 Å². The van der Waals surface area contributed by atoms with E-state index < -0.39 is 5.82 Å². The molecule has 0 atom stereocenters. The van der Waals surface area contributed by atoms with Crippen LogP contribution < -0.4 is 18.9 Å². The number of benzene rings is 6. The normalized spacial score (nSPS) is 11.3. The summed E-state index contributed by atoms with van der Waals surface area (Å²) in [4.78, 5) is 14.5. The molecule has 9 rings (SSSR count). The van der Waals surface area contributed by atoms with Gasteiger partial charge in [0.25, 0.3) is 0 Å². The molecule has 0 saturated carbocycles. The third kappa shape index (κ3) is 11.4. The highest BCUT2D eigenvalue weighted by atomic mass is 19.1. The molecule has 10 nitrogen and oxygen atoms in total. The highest BCUT2D eigenvalue weighted by Crippen LogP contribution is 2.35. The summed E-state index contributed by atoms with van der Waals surface area (Å²) in [5.74, 6) is 2.47. The number of nitrogens with zero attached hydrogens (tertiary/aromatic N) is 6. The van der Waals surface area contributed by atoms with Crippen molar-refractivity contribution < 1.29 is 32.1 Å². The van der Waals surface area contributed by atoms with Crippen LogP contribution in [0.5, 0.6) is 23.4 Å². The molecule has 0 spiro atoms. The zero-order valence-corrected chi connectivity index (χ0v) is 42.1. The van der Waals surface area contributed by atoms with Gasteiger partial charge in [-0.25, -0.2) is 18.2 Å². The number of hydrogen-bond acceptors (Lipinski definition) is 7. The minimum Gasteiger partial charge on any atom is -0.490 e. The van der Waals surface area contributed by atoms with E-state index in [1.807, 2.05) is 70.3 Å². The van der Waals surface area contributed by atoms with Crippen molar-refractivity contribution in [3.05, 3.63) is 191 Å². The average Bonchev–Trinajstić information content (AvgIpc) is 4.11. The molecule has 374 valence electrons. The summed E-state index contributed by atoms with van der Waals surface area (Å²) >= 11 is 0. The number of aromatic nitrogens is 6. The van der Waals surface area contributed by atoms with Crippen LogP contribution in [-0.2, 0) is 0 Å². The number of imidazole rings is 3. The van der Waals surface area contributed by atoms with E-state index in [0.717, 1.165) is 80.8 Å². The monoisotopic (exact) mass is 984 g/mol. The molecule has 0 bridgehead atoms. The molecule has 0 amide bonds. The Balaban J connectivity index is 0.818. The van der Waals surface area contributed by atoms with Gasteiger partial charge in [0.15, 0.2) is 11.6 Å². The maximum atomic E-state index is 15.4. The van der Waals surface area contributed by atoms with Gasteiger partial charge in [0.05, 0.1) is 62.1 Å². The van der Waals surface area contributed by atoms with Crippen LogP contribution in [0, 0.1) is 59.0 Å². The number of para-hydroxylation sites is 3. The van der Waals surface area contributed by atoms with Gasteiger partial charge in [0.2, 0.25) is 17.6 Å². The van der Waals surface area contributed by atoms with Crippen LogP contribution in [0.4, 0.5) is 13.2 Å². The minimum atomic E-state index is -0.473. The smallest absolute Gasteiger partial charge is 0.232 e. The van der Waals surface area contributed by atoms with E-state index in [0.29, 0.717) is 73.3 Å². The molecule has 0 N–H and O–H groups in total. The topological polar surface area (TPSA) is 90.4 Å². The van der Waals surface area contributed by atoms with E-state index in [1.165, 1.54) is 30.3 Å². The second-order valence-corrected chi connectivity index (χ2v) is 18.3. The van der Waals surface area contributed by atoms with Crippen LogP contribution in [0.1, 0.15) is 65.5 Å². The van der Waals surface area contributed by atoms with Crippen LogP contribution in [0.3, 0.4) is 0 Å². The first-order valence-corrected chi connectivity index (χ1v) is 24.7. The van der Waals surface area contributed by atoms with Gasteiger partial charge in [-0.1, -0.05) is 54.6 Å². The molecule has 73 heavy (non-hydrogen) atoms. The Labute approximate surface area is 424 Å². The van der Waals surface area contributed by atoms with E-state index in [2.05, 4.69) is 56.9 Å². The van der Waals surface area contributed by atoms with Gasteiger partial charge in [-0.3, -0.25) is 13.7 Å². The lowest BCUT2D eigenvalue weighted by Gasteiger charge is -2.17. The summed E-state index contributed by atoms with van der Waals surface area (Å²) in [7, 11) is 0. The maximum absolute atomic E-state index is 15.4. The number of ether oxygens (including phenoxy) is 4. The van der Waals surface area contributed by atoms with Crippen molar-refractivity contribution >= 4 is 0 Å². The number of halogens is 3. The summed E-state index contributed by atoms with van der Waals surface area (Å²) in [6.07, 6.45) is 9.09. The van der Waals surface area contributed by atoms with Crippen molar-refractivity contribution in [1.29, 1.82) is 0 Å². The van der Waals surface area contributed by atoms with Crippen LogP contribution >= 0.6 is 0 Å². The van der Waals surface area contributed by atoms with Crippen LogP contribution in [-0.4, -0.2) is 55.1 Å². The number of aryl methyl sites for hydroxylation is 6. The first kappa shape index (κ1) is 49.9. The number of unbranched alkanes of at least 4 members (excludes halogenated alkanes) is 3. The predicted octanol–water partition coefficient (Wildman–Crippen LogP) is 14.4. The minimum absolute atomic E-state index is 0.125. The second-order valence-electron chi connectivity index (χ2n) is 18.3. The van der Waals surface area contributed by atoms with E-state index >= 15 is 4.39 Å². The third-order valence-corrected chi connectivity index (χ3v) is 12.8. The summed E-state index contributed by atoms with van der Waals surface area (Å²) in [6, 6.07) is 35.8. The van der Waals surface area contributed by atoms with Crippen molar-refractivity contribution in [2.45, 2.75) is 73.6 Å². The van der Waals surface area contributed by atoms with Gasteiger partial charge in [-0.15, -0.1) is 0 Å². The van der Waals surface area contributed by atoms with Gasteiger partial charge in [-0.2, -0.15) is 9.97 Å². The van der Waals surface area contributed by atoms with E-state index in [1.54, 1.807) is 42.6 Å². The standard InChI is InChI=1S/C60H59F3N6O4/c1-39-15-12-16-40(2)55(39)67-37-52(65-59(67)46-23-28-49(62)29-24-46)71-32-8-7-9-33-72-53-38-68(56-41(3)17-13-18-42(56)4)60(66-53)47-25-30-50(63)51(35-47)70-31-10-11-34-73-54-36-64-58(45-21-26-48(61)27-22-45)69(54)57-43(5)19-14-20-44(57)6/h12-30,35-38H,7-11,31-34H2,1-6H3. The Bertz CT molecular complexity index is 3280. The lowest BCUT2D eigenvalue weighted by atomic mass is 10.1. The first-order valence-electron chi connectivity index (χ1n) is 24.7. The zero-order valence-electron chi connectivity index (χ0n) is 42.1. The van der Waals surface area contributed by atoms with Crippen LogP contribution in [0.15, 0.2) is 140 Å². The first-order chi connectivity index (χ1) is 35.4. The average molecular weight is 985 g/mol. The van der Waals surface area contributed by atoms with Gasteiger partial charge in [0, 0.05) is 16.7 Å². The molecule has 3 heterocycles. The lowest BCUT2D eigenvalue weighted by molar-refractivity contribution is 0.253. The third-order valence-electron chi connectivity index (χ3n) is 12.8. The Morgan fingerprint density at radius 1 is 0.425 bits per heavy atom. The zero-order chi connectivity index (χ0) is 51.0. The highest BCUT2D eigenvalue weighted by Gasteiger charge is 2.21. The molecule has 0 unspecified atom stereocenters. The molecule has 0 radical (unpaired) electrons. The molecule has 9 aromatic rings. The SMILES string of the molecule is Cc1cccc(C)c1-n1cc(OCCCCCOc2cn(-c3c(C)cccc3C)c(-c3ccc(F)c(OCCCCOc4cnc(-c5ccc(F)cc5)n4-c4c(C)cccc4C)c3)n2)nc1-c1ccc(F)cc1. The molecule has 6 aromatic carbocycles. The Kier molecular flexibility index (Phi) is 15.4. The maximum Gasteiger partial charge on any atom is 0.232 e. The van der Waals surface area contributed by atoms with E-state index in [9.17, 15) is 8.78 Å². The number of rotatable bonds is 21. The largest absolute Gasteiger partial charge is 0.490 e. The summed E-state index contributed by atoms with van der Waals surface area (Å²) in [5.41, 5.74) is 11.6. The van der Waals surface area contributed by atoms with Crippen molar-refractivity contribution in [1.82, 2.24) is 28.7 Å². The molecule has 0 saturated heterocycles. The molecule has 0 aliphatic rings. The summed E-state index contributed by atoms with van der Waals surface area (Å²) in [6.45, 7) is 13.8. The predicted molar refractivity (Wildman–Crippen MR) is 280 cm³/mol. The van der Waals surface area contributed by atoms with Crippen LogP contribution in [0.25, 0.3) is 51.2 Å². The molecule has 0 aliphatic heterocycles. The van der Waals surface area contributed by atoms with Crippen LogP contribution in [0.2, 0.25) is 0 Å². The fourth-order valence-electron chi connectivity index (χ4n) is 9.24. The molecule has 13 heteroatoms. The fourth-order valence-corrected chi connectivity index (χ4v) is 9.24. The van der Waals surface area contributed by atoms with Gasteiger partial charge >= 0.3 is 0 Å². The van der Waals surface area contributed by atoms with Crippen molar-refractivity contribution in [3.63, 3.8) is 0 Å². The number of hydrogen-bond donors (Lipinski definition) is 0.